The van der Waals surface area contributed by atoms with Crippen molar-refractivity contribution >= 4 is 21.7 Å². The van der Waals surface area contributed by atoms with Crippen LogP contribution in [0, 0.1) is 0 Å². The number of alkyl halides is 3. The zero-order valence-electron chi connectivity index (χ0n) is 14.1. The number of sulfonamides is 1. The van der Waals surface area contributed by atoms with Crippen LogP contribution in [0.3, 0.4) is 0 Å². The molecular weight excluding hydrogens is 387 g/mol. The van der Waals surface area contributed by atoms with Crippen LogP contribution in [-0.2, 0) is 25.7 Å². The summed E-state index contributed by atoms with van der Waals surface area (Å²) in [6, 6.07) is 9.03. The lowest BCUT2D eigenvalue weighted by molar-refractivity contribution is -0.145. The van der Waals surface area contributed by atoms with E-state index >= 15 is 0 Å². The van der Waals surface area contributed by atoms with Crippen LogP contribution >= 0.6 is 0 Å². The molecule has 0 fully saturated rings. The Morgan fingerprint density at radius 3 is 2.48 bits per heavy atom. The molecule has 0 radical (unpaired) electrons. The topological polar surface area (TPSA) is 81.7 Å². The fourth-order valence-corrected chi connectivity index (χ4v) is 3.14. The van der Waals surface area contributed by atoms with Crippen molar-refractivity contribution < 1.29 is 35.9 Å². The fourth-order valence-electron chi connectivity index (χ4n) is 2.05. The monoisotopic (exact) mass is 403 g/mol. The van der Waals surface area contributed by atoms with E-state index in [0.717, 1.165) is 18.2 Å². The van der Waals surface area contributed by atoms with Crippen LogP contribution in [-0.4, -0.2) is 27.6 Å². The highest BCUT2D eigenvalue weighted by molar-refractivity contribution is 7.92. The summed E-state index contributed by atoms with van der Waals surface area (Å²) in [4.78, 5) is 10.7. The number of nitrogens with one attached hydrogen (secondary N) is 1. The minimum Gasteiger partial charge on any atom is -0.482 e. The summed E-state index contributed by atoms with van der Waals surface area (Å²) < 4.78 is 75.1. The summed E-state index contributed by atoms with van der Waals surface area (Å²) in [6.07, 6.45) is -4.66. The van der Waals surface area contributed by atoms with E-state index in [2.05, 4.69) is 4.72 Å². The van der Waals surface area contributed by atoms with Crippen molar-refractivity contribution in [2.75, 3.05) is 17.9 Å². The number of anilines is 1. The van der Waals surface area contributed by atoms with Gasteiger partial charge in [-0.05, 0) is 37.3 Å². The summed E-state index contributed by atoms with van der Waals surface area (Å²) >= 11 is 0. The van der Waals surface area contributed by atoms with Gasteiger partial charge in [0.25, 0.3) is 10.0 Å². The Bertz CT molecular complexity index is 913. The SMILES string of the molecule is CCOC(=O)COc1cccc(NS(=O)(=O)c2cccc(C(F)(F)F)c2)c1. The number of hydrogen-bond acceptors (Lipinski definition) is 5. The lowest BCUT2D eigenvalue weighted by Crippen LogP contribution is -2.16. The predicted molar refractivity (Wildman–Crippen MR) is 90.8 cm³/mol. The van der Waals surface area contributed by atoms with Gasteiger partial charge in [-0.1, -0.05) is 12.1 Å². The number of ether oxygens (including phenoxy) is 2. The van der Waals surface area contributed by atoms with E-state index in [-0.39, 0.29) is 24.7 Å². The molecule has 0 aliphatic rings. The van der Waals surface area contributed by atoms with Gasteiger partial charge in [-0.3, -0.25) is 4.72 Å². The molecule has 6 nitrogen and oxygen atoms in total. The minimum atomic E-state index is -4.66. The summed E-state index contributed by atoms with van der Waals surface area (Å²) in [5.74, 6) is -0.403. The van der Waals surface area contributed by atoms with Gasteiger partial charge in [0, 0.05) is 6.07 Å². The van der Waals surface area contributed by atoms with E-state index in [4.69, 9.17) is 9.47 Å². The minimum absolute atomic E-state index is 0.0637. The highest BCUT2D eigenvalue weighted by atomic mass is 32.2. The summed E-state index contributed by atoms with van der Waals surface area (Å²) in [5, 5.41) is 0. The van der Waals surface area contributed by atoms with Gasteiger partial charge in [0.1, 0.15) is 5.75 Å². The molecule has 0 atom stereocenters. The molecule has 2 aromatic rings. The van der Waals surface area contributed by atoms with E-state index in [0.29, 0.717) is 6.07 Å². The molecule has 27 heavy (non-hydrogen) atoms. The quantitative estimate of drug-likeness (QED) is 0.716. The van der Waals surface area contributed by atoms with Crippen molar-refractivity contribution in [1.82, 2.24) is 0 Å². The van der Waals surface area contributed by atoms with Crippen LogP contribution in [0.1, 0.15) is 12.5 Å². The normalized spacial score (nSPS) is 11.7. The second-order valence-corrected chi connectivity index (χ2v) is 6.94. The van der Waals surface area contributed by atoms with Gasteiger partial charge in [-0.25, -0.2) is 13.2 Å². The molecule has 0 heterocycles. The third-order valence-electron chi connectivity index (χ3n) is 3.22. The van der Waals surface area contributed by atoms with E-state index in [1.54, 1.807) is 6.92 Å². The molecular formula is C17H16F3NO5S. The number of carbonyl (C=O) groups is 1. The van der Waals surface area contributed by atoms with Crippen LogP contribution in [0.4, 0.5) is 18.9 Å². The van der Waals surface area contributed by atoms with Gasteiger partial charge in [0.15, 0.2) is 6.61 Å². The molecule has 0 spiro atoms. The Kier molecular flexibility index (Phi) is 6.32. The summed E-state index contributed by atoms with van der Waals surface area (Å²) in [6.45, 7) is 1.47. The number of carbonyl (C=O) groups excluding carboxylic acids is 1. The molecule has 10 heteroatoms. The number of esters is 1. The van der Waals surface area contributed by atoms with Gasteiger partial charge in [0.2, 0.25) is 0 Å². The van der Waals surface area contributed by atoms with E-state index in [1.165, 1.54) is 24.3 Å². The highest BCUT2D eigenvalue weighted by Gasteiger charge is 2.31. The Balaban J connectivity index is 2.16. The maximum atomic E-state index is 12.8. The molecule has 0 aliphatic carbocycles. The first kappa shape index (κ1) is 20.6. The average molecular weight is 403 g/mol. The summed E-state index contributed by atoms with van der Waals surface area (Å²) in [7, 11) is -4.25. The molecule has 1 N–H and O–H groups in total. The number of benzene rings is 2. The molecule has 2 aromatic carbocycles. The highest BCUT2D eigenvalue weighted by Crippen LogP contribution is 2.31. The first-order valence-corrected chi connectivity index (χ1v) is 9.18. The fraction of sp³-hybridized carbons (Fsp3) is 0.235. The van der Waals surface area contributed by atoms with Gasteiger partial charge < -0.3 is 9.47 Å². The van der Waals surface area contributed by atoms with E-state index in [1.807, 2.05) is 0 Å². The van der Waals surface area contributed by atoms with Crippen molar-refractivity contribution in [3.05, 3.63) is 54.1 Å². The van der Waals surface area contributed by atoms with Crippen molar-refractivity contribution in [2.24, 2.45) is 0 Å². The molecule has 0 saturated carbocycles. The van der Waals surface area contributed by atoms with E-state index < -0.39 is 32.6 Å². The second kappa shape index (κ2) is 8.30. The van der Waals surface area contributed by atoms with Gasteiger partial charge >= 0.3 is 12.1 Å². The Labute approximate surface area is 154 Å². The molecule has 0 amide bonds. The smallest absolute Gasteiger partial charge is 0.416 e. The molecule has 2 rings (SSSR count). The molecule has 0 aliphatic heterocycles. The maximum Gasteiger partial charge on any atom is 0.416 e. The molecule has 0 bridgehead atoms. The number of hydrogen-bond donors (Lipinski definition) is 1. The van der Waals surface area contributed by atoms with Crippen molar-refractivity contribution in [3.8, 4) is 5.75 Å². The molecule has 0 saturated heterocycles. The zero-order valence-corrected chi connectivity index (χ0v) is 14.9. The first-order chi connectivity index (χ1) is 12.6. The van der Waals surface area contributed by atoms with Gasteiger partial charge in [-0.15, -0.1) is 0 Å². The average Bonchev–Trinajstić information content (AvgIpc) is 2.60. The zero-order chi connectivity index (χ0) is 20.1. The Morgan fingerprint density at radius 1 is 1.11 bits per heavy atom. The molecule has 0 unspecified atom stereocenters. The Hall–Kier alpha value is -2.75. The Morgan fingerprint density at radius 2 is 1.81 bits per heavy atom. The van der Waals surface area contributed by atoms with Crippen molar-refractivity contribution in [3.63, 3.8) is 0 Å². The van der Waals surface area contributed by atoms with Crippen LogP contribution in [0.15, 0.2) is 53.4 Å². The predicted octanol–water partition coefficient (Wildman–Crippen LogP) is 3.45. The van der Waals surface area contributed by atoms with Crippen LogP contribution in [0.5, 0.6) is 5.75 Å². The van der Waals surface area contributed by atoms with Gasteiger partial charge in [-0.2, -0.15) is 13.2 Å². The third-order valence-corrected chi connectivity index (χ3v) is 4.60. The van der Waals surface area contributed by atoms with Crippen molar-refractivity contribution in [1.29, 1.82) is 0 Å². The summed E-state index contributed by atoms with van der Waals surface area (Å²) in [5.41, 5.74) is -1.01. The first-order valence-electron chi connectivity index (χ1n) is 7.70. The van der Waals surface area contributed by atoms with Crippen LogP contribution in [0.25, 0.3) is 0 Å². The molecule has 0 aromatic heterocycles. The molecule has 146 valence electrons. The van der Waals surface area contributed by atoms with E-state index in [9.17, 15) is 26.4 Å². The largest absolute Gasteiger partial charge is 0.482 e. The lowest BCUT2D eigenvalue weighted by atomic mass is 10.2. The number of halogens is 3. The standard InChI is InChI=1S/C17H16F3NO5S/c1-2-25-16(22)11-26-14-7-4-6-13(10-14)21-27(23,24)15-8-3-5-12(9-15)17(18,19)20/h3-10,21H,2,11H2,1H3. The van der Waals surface area contributed by atoms with Gasteiger partial charge in [0.05, 0.1) is 22.8 Å². The number of rotatable bonds is 7. The maximum absolute atomic E-state index is 12.8. The lowest BCUT2D eigenvalue weighted by Gasteiger charge is -2.12. The van der Waals surface area contributed by atoms with Crippen molar-refractivity contribution in [2.45, 2.75) is 18.0 Å². The third kappa shape index (κ3) is 5.88. The van der Waals surface area contributed by atoms with Crippen LogP contribution in [0.2, 0.25) is 0 Å². The second-order valence-electron chi connectivity index (χ2n) is 5.25. The van der Waals surface area contributed by atoms with Crippen LogP contribution < -0.4 is 9.46 Å².